The van der Waals surface area contributed by atoms with Gasteiger partial charge in [0.1, 0.15) is 6.61 Å². The third-order valence-corrected chi connectivity index (χ3v) is 2.54. The highest BCUT2D eigenvalue weighted by molar-refractivity contribution is 5.85. The largest absolute Gasteiger partial charge is 0.493 e. The molecule has 0 fully saturated rings. The standard InChI is InChI=1S/C16H22O5/c1-12(2)11-20-8-9-21-15-10-13(5-7-16(17)18)4-6-14(15)19-3/h4-7,10,12H,8-9,11H2,1-3H3,(H,17,18)/b7-5+. The number of benzene rings is 1. The van der Waals surface area contributed by atoms with E-state index in [-0.39, 0.29) is 0 Å². The summed E-state index contributed by atoms with van der Waals surface area (Å²) in [6.45, 7) is 5.78. The number of rotatable bonds is 9. The van der Waals surface area contributed by atoms with E-state index in [2.05, 4.69) is 13.8 Å². The molecule has 1 aromatic carbocycles. The maximum Gasteiger partial charge on any atom is 0.328 e. The molecule has 0 radical (unpaired) electrons. The Labute approximate surface area is 125 Å². The fourth-order valence-electron chi connectivity index (χ4n) is 1.61. The fraction of sp³-hybridized carbons (Fsp3) is 0.438. The lowest BCUT2D eigenvalue weighted by Gasteiger charge is -2.12. The van der Waals surface area contributed by atoms with E-state index in [1.807, 2.05) is 0 Å². The van der Waals surface area contributed by atoms with Gasteiger partial charge in [0.25, 0.3) is 0 Å². The second kappa shape index (κ2) is 9.02. The highest BCUT2D eigenvalue weighted by Crippen LogP contribution is 2.28. The number of carboxylic acid groups (broad SMARTS) is 1. The number of ether oxygens (including phenoxy) is 3. The summed E-state index contributed by atoms with van der Waals surface area (Å²) in [5.74, 6) is 0.670. The predicted molar refractivity (Wildman–Crippen MR) is 80.8 cm³/mol. The van der Waals surface area contributed by atoms with Gasteiger partial charge < -0.3 is 19.3 Å². The maximum atomic E-state index is 10.5. The molecule has 1 aromatic rings. The molecule has 0 aliphatic rings. The highest BCUT2D eigenvalue weighted by atomic mass is 16.5. The SMILES string of the molecule is COc1ccc(/C=C/C(=O)O)cc1OCCOCC(C)C. The molecular formula is C16H22O5. The zero-order valence-electron chi connectivity index (χ0n) is 12.7. The first-order chi connectivity index (χ1) is 10.0. The second-order valence-electron chi connectivity index (χ2n) is 4.90. The number of carbonyl (C=O) groups is 1. The molecule has 21 heavy (non-hydrogen) atoms. The van der Waals surface area contributed by atoms with E-state index in [0.717, 1.165) is 11.6 Å². The van der Waals surface area contributed by atoms with E-state index in [1.165, 1.54) is 6.08 Å². The molecule has 5 nitrogen and oxygen atoms in total. The van der Waals surface area contributed by atoms with Crippen LogP contribution in [0, 0.1) is 5.92 Å². The van der Waals surface area contributed by atoms with Gasteiger partial charge >= 0.3 is 5.97 Å². The van der Waals surface area contributed by atoms with E-state index < -0.39 is 5.97 Å². The Morgan fingerprint density at radius 2 is 2.05 bits per heavy atom. The molecule has 0 aliphatic carbocycles. The summed E-state index contributed by atoms with van der Waals surface area (Å²) in [6, 6.07) is 5.24. The topological polar surface area (TPSA) is 65.0 Å². The quantitative estimate of drug-likeness (QED) is 0.560. The Kier molecular flexibility index (Phi) is 7.32. The number of carboxylic acids is 1. The Balaban J connectivity index is 2.61. The van der Waals surface area contributed by atoms with Crippen molar-refractivity contribution in [1.82, 2.24) is 0 Å². The monoisotopic (exact) mass is 294 g/mol. The molecular weight excluding hydrogens is 272 g/mol. The van der Waals surface area contributed by atoms with E-state index in [4.69, 9.17) is 19.3 Å². The van der Waals surface area contributed by atoms with Gasteiger partial charge in [-0.25, -0.2) is 4.79 Å². The van der Waals surface area contributed by atoms with Crippen LogP contribution in [0.2, 0.25) is 0 Å². The normalized spacial score (nSPS) is 11.0. The van der Waals surface area contributed by atoms with Crippen LogP contribution in [-0.4, -0.2) is 38.0 Å². The number of methoxy groups -OCH3 is 1. The van der Waals surface area contributed by atoms with E-state index >= 15 is 0 Å². The first-order valence-electron chi connectivity index (χ1n) is 6.82. The number of hydrogen-bond acceptors (Lipinski definition) is 4. The molecule has 0 aromatic heterocycles. The molecule has 5 heteroatoms. The van der Waals surface area contributed by atoms with Gasteiger partial charge in [-0.1, -0.05) is 19.9 Å². The molecule has 0 saturated heterocycles. The summed E-state index contributed by atoms with van der Waals surface area (Å²) in [7, 11) is 1.56. The molecule has 0 atom stereocenters. The van der Waals surface area contributed by atoms with Crippen molar-refractivity contribution in [1.29, 1.82) is 0 Å². The van der Waals surface area contributed by atoms with Crippen LogP contribution in [0.1, 0.15) is 19.4 Å². The molecule has 116 valence electrons. The predicted octanol–water partition coefficient (Wildman–Crippen LogP) is 2.84. The van der Waals surface area contributed by atoms with Crippen molar-refractivity contribution in [2.24, 2.45) is 5.92 Å². The van der Waals surface area contributed by atoms with Gasteiger partial charge in [0, 0.05) is 12.7 Å². The second-order valence-corrected chi connectivity index (χ2v) is 4.90. The molecule has 1 rings (SSSR count). The lowest BCUT2D eigenvalue weighted by atomic mass is 10.2. The van der Waals surface area contributed by atoms with E-state index in [9.17, 15) is 4.79 Å². The number of aliphatic carboxylic acids is 1. The fourth-order valence-corrected chi connectivity index (χ4v) is 1.61. The van der Waals surface area contributed by atoms with E-state index in [0.29, 0.717) is 37.2 Å². The molecule has 0 heterocycles. The highest BCUT2D eigenvalue weighted by Gasteiger charge is 2.05. The van der Waals surface area contributed by atoms with Crippen LogP contribution in [0.25, 0.3) is 6.08 Å². The van der Waals surface area contributed by atoms with Crippen molar-refractivity contribution in [3.63, 3.8) is 0 Å². The Morgan fingerprint density at radius 3 is 2.67 bits per heavy atom. The molecule has 0 bridgehead atoms. The van der Waals surface area contributed by atoms with Crippen molar-refractivity contribution in [3.8, 4) is 11.5 Å². The number of hydrogen-bond donors (Lipinski definition) is 1. The third kappa shape index (κ3) is 6.81. The average molecular weight is 294 g/mol. The molecule has 0 spiro atoms. The Bertz CT molecular complexity index is 480. The average Bonchev–Trinajstić information content (AvgIpc) is 2.44. The lowest BCUT2D eigenvalue weighted by Crippen LogP contribution is -2.10. The summed E-state index contributed by atoms with van der Waals surface area (Å²) in [5, 5.41) is 8.63. The maximum absolute atomic E-state index is 10.5. The van der Waals surface area contributed by atoms with Crippen LogP contribution in [0.5, 0.6) is 11.5 Å². The summed E-state index contributed by atoms with van der Waals surface area (Å²) in [5.41, 5.74) is 0.733. The molecule has 0 unspecified atom stereocenters. The summed E-state index contributed by atoms with van der Waals surface area (Å²) in [6.07, 6.45) is 2.58. The summed E-state index contributed by atoms with van der Waals surface area (Å²) < 4.78 is 16.3. The summed E-state index contributed by atoms with van der Waals surface area (Å²) >= 11 is 0. The van der Waals surface area contributed by atoms with Crippen molar-refractivity contribution in [2.75, 3.05) is 26.9 Å². The van der Waals surface area contributed by atoms with Crippen molar-refractivity contribution >= 4 is 12.0 Å². The van der Waals surface area contributed by atoms with Crippen molar-refractivity contribution < 1.29 is 24.1 Å². The van der Waals surface area contributed by atoms with Gasteiger partial charge in [-0.15, -0.1) is 0 Å². The smallest absolute Gasteiger partial charge is 0.328 e. The van der Waals surface area contributed by atoms with Gasteiger partial charge in [0.05, 0.1) is 13.7 Å². The first-order valence-corrected chi connectivity index (χ1v) is 6.82. The van der Waals surface area contributed by atoms with E-state index in [1.54, 1.807) is 25.3 Å². The first kappa shape index (κ1) is 17.0. The van der Waals surface area contributed by atoms with Crippen LogP contribution >= 0.6 is 0 Å². The van der Waals surface area contributed by atoms with Gasteiger partial charge in [-0.2, -0.15) is 0 Å². The Morgan fingerprint density at radius 1 is 1.29 bits per heavy atom. The van der Waals surface area contributed by atoms with Crippen LogP contribution < -0.4 is 9.47 Å². The van der Waals surface area contributed by atoms with Gasteiger partial charge in [-0.05, 0) is 29.7 Å². The molecule has 0 amide bonds. The van der Waals surface area contributed by atoms with Crippen LogP contribution in [0.4, 0.5) is 0 Å². The molecule has 0 saturated carbocycles. The summed E-state index contributed by atoms with van der Waals surface area (Å²) in [4.78, 5) is 10.5. The van der Waals surface area contributed by atoms with Gasteiger partial charge in [0.15, 0.2) is 11.5 Å². The van der Waals surface area contributed by atoms with Gasteiger partial charge in [0.2, 0.25) is 0 Å². The Hall–Kier alpha value is -2.01. The molecule has 1 N–H and O–H groups in total. The zero-order valence-corrected chi connectivity index (χ0v) is 12.7. The zero-order chi connectivity index (χ0) is 15.7. The molecule has 0 aliphatic heterocycles. The lowest BCUT2D eigenvalue weighted by molar-refractivity contribution is -0.131. The van der Waals surface area contributed by atoms with Gasteiger partial charge in [-0.3, -0.25) is 0 Å². The van der Waals surface area contributed by atoms with Crippen molar-refractivity contribution in [2.45, 2.75) is 13.8 Å². The minimum absolute atomic E-state index is 0.412. The minimum atomic E-state index is -0.990. The minimum Gasteiger partial charge on any atom is -0.493 e. The van der Waals surface area contributed by atoms with Crippen LogP contribution in [0.15, 0.2) is 24.3 Å². The van der Waals surface area contributed by atoms with Crippen LogP contribution in [-0.2, 0) is 9.53 Å². The van der Waals surface area contributed by atoms with Crippen LogP contribution in [0.3, 0.4) is 0 Å². The van der Waals surface area contributed by atoms with Crippen molar-refractivity contribution in [3.05, 3.63) is 29.8 Å². The third-order valence-electron chi connectivity index (χ3n) is 2.54.